The number of rotatable bonds is 0. The molecule has 48 valence electrons. The molecule has 9 heavy (non-hydrogen) atoms. The molecule has 0 aromatic rings. The largest absolute Gasteiger partial charge is 0.211 e. The van der Waals surface area contributed by atoms with E-state index in [4.69, 9.17) is 0 Å². The van der Waals surface area contributed by atoms with Gasteiger partial charge in [-0.3, -0.25) is 0 Å². The van der Waals surface area contributed by atoms with Gasteiger partial charge < -0.3 is 0 Å². The first kappa shape index (κ1) is 6.61. The number of allylic oxidation sites excluding steroid dienone is 3. The Hall–Kier alpha value is -0.510. The third-order valence-electron chi connectivity index (χ3n) is 1.04. The Labute approximate surface area is 55.5 Å². The molecule has 0 aromatic carbocycles. The standard InChI is InChI=1S/C7H8FP/c1-6-4-7(8)2-3-9-5-6/h4-5,9H,2H2,1H3. The van der Waals surface area contributed by atoms with Crippen LogP contribution in [0.25, 0.3) is 0 Å². The van der Waals surface area contributed by atoms with Crippen LogP contribution in [0.1, 0.15) is 13.3 Å². The molecule has 0 aromatic heterocycles. The fourth-order valence-electron chi connectivity index (χ4n) is 0.640. The molecule has 1 unspecified atom stereocenters. The van der Waals surface area contributed by atoms with Crippen LogP contribution in [-0.2, 0) is 0 Å². The molecule has 0 amide bonds. The normalized spacial score (nSPS) is 19.3. The summed E-state index contributed by atoms with van der Waals surface area (Å²) in [5.74, 6) is 1.92. The quantitative estimate of drug-likeness (QED) is 0.456. The highest BCUT2D eigenvalue weighted by molar-refractivity contribution is 7.30. The summed E-state index contributed by atoms with van der Waals surface area (Å²) in [4.78, 5) is 0. The predicted molar refractivity (Wildman–Crippen MR) is 39.8 cm³/mol. The van der Waals surface area contributed by atoms with Gasteiger partial charge in [0.25, 0.3) is 0 Å². The molecule has 1 heterocycles. The SMILES string of the molecule is CC1=C[PH]#CCC(F)=C1. The maximum atomic E-state index is 12.5. The van der Waals surface area contributed by atoms with Crippen LogP contribution in [0.15, 0.2) is 23.3 Å². The first-order chi connectivity index (χ1) is 4.29. The lowest BCUT2D eigenvalue weighted by Gasteiger charge is -1.86. The van der Waals surface area contributed by atoms with Gasteiger partial charge in [0.15, 0.2) is 0 Å². The van der Waals surface area contributed by atoms with Crippen LogP contribution in [0.4, 0.5) is 4.39 Å². The Morgan fingerprint density at radius 1 is 1.78 bits per heavy atom. The zero-order valence-corrected chi connectivity index (χ0v) is 6.24. The van der Waals surface area contributed by atoms with Crippen molar-refractivity contribution in [3.05, 3.63) is 23.3 Å². The topological polar surface area (TPSA) is 0 Å². The third kappa shape index (κ3) is 2.05. The zero-order chi connectivity index (χ0) is 6.69. The molecule has 2 heteroatoms. The third-order valence-corrected chi connectivity index (χ3v) is 2.02. The summed E-state index contributed by atoms with van der Waals surface area (Å²) < 4.78 is 12.5. The average Bonchev–Trinajstić information content (AvgIpc) is 1.93. The van der Waals surface area contributed by atoms with Crippen molar-refractivity contribution in [2.75, 3.05) is 0 Å². The van der Waals surface area contributed by atoms with Crippen LogP contribution in [0.5, 0.6) is 0 Å². The van der Waals surface area contributed by atoms with Gasteiger partial charge in [-0.2, -0.15) is 0 Å². The smallest absolute Gasteiger partial charge is 0.112 e. The van der Waals surface area contributed by atoms with Gasteiger partial charge in [-0.25, -0.2) is 4.39 Å². The summed E-state index contributed by atoms with van der Waals surface area (Å²) in [5, 5.41) is 0. The molecule has 0 aliphatic carbocycles. The van der Waals surface area contributed by atoms with E-state index in [1.165, 1.54) is 0 Å². The highest BCUT2D eigenvalue weighted by Crippen LogP contribution is 2.14. The maximum absolute atomic E-state index is 12.5. The lowest BCUT2D eigenvalue weighted by atomic mass is 10.3. The monoisotopic (exact) mass is 142 g/mol. The average molecular weight is 142 g/mol. The molecule has 0 fully saturated rings. The fourth-order valence-corrected chi connectivity index (χ4v) is 1.32. The second kappa shape index (κ2) is 2.87. The summed E-state index contributed by atoms with van der Waals surface area (Å²) in [7, 11) is 0.557. The van der Waals surface area contributed by atoms with Crippen LogP contribution in [0, 0.1) is 5.63 Å². The summed E-state index contributed by atoms with van der Waals surface area (Å²) in [5.41, 5.74) is 3.95. The van der Waals surface area contributed by atoms with Crippen molar-refractivity contribution >= 4 is 8.04 Å². The molecular formula is C7H8FP. The van der Waals surface area contributed by atoms with E-state index in [9.17, 15) is 4.39 Å². The zero-order valence-electron chi connectivity index (χ0n) is 5.24. The van der Waals surface area contributed by atoms with Crippen LogP contribution in [0.2, 0.25) is 0 Å². The van der Waals surface area contributed by atoms with Gasteiger partial charge in [-0.1, -0.05) is 8.04 Å². The number of halogens is 1. The molecule has 0 saturated heterocycles. The van der Waals surface area contributed by atoms with E-state index in [0.717, 1.165) is 5.57 Å². The van der Waals surface area contributed by atoms with E-state index in [1.807, 2.05) is 12.7 Å². The van der Waals surface area contributed by atoms with Crippen molar-refractivity contribution in [3.8, 4) is 5.63 Å². The summed E-state index contributed by atoms with van der Waals surface area (Å²) in [6.45, 7) is 1.90. The van der Waals surface area contributed by atoms with Gasteiger partial charge >= 0.3 is 0 Å². The van der Waals surface area contributed by atoms with Gasteiger partial charge in [-0.15, -0.1) is 5.63 Å². The van der Waals surface area contributed by atoms with Gasteiger partial charge in [-0.05, 0) is 24.4 Å². The van der Waals surface area contributed by atoms with E-state index in [0.29, 0.717) is 14.5 Å². The minimum Gasteiger partial charge on any atom is -0.211 e. The van der Waals surface area contributed by atoms with E-state index < -0.39 is 0 Å². The lowest BCUT2D eigenvalue weighted by molar-refractivity contribution is 0.621. The van der Waals surface area contributed by atoms with Gasteiger partial charge in [0.2, 0.25) is 0 Å². The van der Waals surface area contributed by atoms with Crippen molar-refractivity contribution in [1.29, 1.82) is 0 Å². The van der Waals surface area contributed by atoms with E-state index in [2.05, 4.69) is 5.63 Å². The summed E-state index contributed by atoms with van der Waals surface area (Å²) in [6.07, 6.45) is 1.94. The minimum atomic E-state index is -0.0752. The van der Waals surface area contributed by atoms with E-state index >= 15 is 0 Å². The predicted octanol–water partition coefficient (Wildman–Crippen LogP) is 2.79. The summed E-state index contributed by atoms with van der Waals surface area (Å²) in [6, 6.07) is 0. The molecule has 0 spiro atoms. The van der Waals surface area contributed by atoms with Gasteiger partial charge in [0, 0.05) is 0 Å². The highest BCUT2D eigenvalue weighted by atomic mass is 31.0. The molecule has 0 bridgehead atoms. The second-order valence-corrected chi connectivity index (χ2v) is 2.91. The van der Waals surface area contributed by atoms with Crippen molar-refractivity contribution in [2.45, 2.75) is 13.3 Å². The highest BCUT2D eigenvalue weighted by Gasteiger charge is 1.92. The van der Waals surface area contributed by atoms with E-state index in [1.54, 1.807) is 6.08 Å². The minimum absolute atomic E-state index is 0.0752. The van der Waals surface area contributed by atoms with Crippen molar-refractivity contribution in [2.24, 2.45) is 0 Å². The molecule has 0 saturated carbocycles. The molecule has 0 radical (unpaired) electrons. The van der Waals surface area contributed by atoms with Crippen molar-refractivity contribution in [1.82, 2.24) is 0 Å². The molecule has 1 rings (SSSR count). The molecule has 0 nitrogen and oxygen atoms in total. The molecular weight excluding hydrogens is 134 g/mol. The maximum Gasteiger partial charge on any atom is 0.112 e. The Morgan fingerprint density at radius 2 is 2.56 bits per heavy atom. The molecule has 0 N–H and O–H groups in total. The van der Waals surface area contributed by atoms with E-state index in [-0.39, 0.29) is 5.83 Å². The van der Waals surface area contributed by atoms with Gasteiger partial charge in [0.05, 0.1) is 6.42 Å². The Bertz CT molecular complexity index is 227. The summed E-state index contributed by atoms with van der Waals surface area (Å²) >= 11 is 0. The fraction of sp³-hybridized carbons (Fsp3) is 0.286. The van der Waals surface area contributed by atoms with Crippen LogP contribution < -0.4 is 0 Å². The molecule has 1 atom stereocenters. The molecule has 1 aliphatic rings. The Morgan fingerprint density at radius 3 is 3.33 bits per heavy atom. The number of hydrogen-bond acceptors (Lipinski definition) is 0. The van der Waals surface area contributed by atoms with Crippen LogP contribution >= 0.6 is 8.04 Å². The van der Waals surface area contributed by atoms with Gasteiger partial charge in [0.1, 0.15) is 5.83 Å². The first-order valence-electron chi connectivity index (χ1n) is 2.80. The molecule has 1 aliphatic heterocycles. The van der Waals surface area contributed by atoms with Crippen LogP contribution in [-0.4, -0.2) is 0 Å². The van der Waals surface area contributed by atoms with Crippen LogP contribution in [0.3, 0.4) is 0 Å². The van der Waals surface area contributed by atoms with Crippen molar-refractivity contribution in [3.63, 3.8) is 0 Å². The second-order valence-electron chi connectivity index (χ2n) is 1.98. The number of hydrogen-bond donors (Lipinski definition) is 0. The lowest BCUT2D eigenvalue weighted by Crippen LogP contribution is -1.69. The Balaban J connectivity index is 2.88. The Kier molecular flexibility index (Phi) is 2.10. The first-order valence-corrected chi connectivity index (χ1v) is 3.88. The van der Waals surface area contributed by atoms with Crippen molar-refractivity contribution < 1.29 is 4.39 Å².